The van der Waals surface area contributed by atoms with E-state index in [4.69, 9.17) is 11.0 Å². The molecule has 0 rings (SSSR count). The van der Waals surface area contributed by atoms with Crippen molar-refractivity contribution in [2.45, 2.75) is 103 Å². The lowest BCUT2D eigenvalue weighted by Crippen LogP contribution is -2.16. The molecule has 2 N–H and O–H groups in total. The van der Waals surface area contributed by atoms with Crippen LogP contribution in [0, 0.1) is 11.3 Å². The van der Waals surface area contributed by atoms with Gasteiger partial charge in [0.05, 0.1) is 12.1 Å². The van der Waals surface area contributed by atoms with E-state index in [2.05, 4.69) is 13.0 Å². The smallest absolute Gasteiger partial charge is 0.0928 e. The van der Waals surface area contributed by atoms with E-state index in [0.717, 1.165) is 12.8 Å². The van der Waals surface area contributed by atoms with Crippen LogP contribution >= 0.6 is 0 Å². The van der Waals surface area contributed by atoms with Gasteiger partial charge in [0.25, 0.3) is 0 Å². The predicted molar refractivity (Wildman–Crippen MR) is 83.9 cm³/mol. The number of unbranched alkanes of at least 4 members (excludes halogenated alkanes) is 12. The van der Waals surface area contributed by atoms with Gasteiger partial charge in [0.15, 0.2) is 0 Å². The molecule has 0 fully saturated rings. The molecule has 0 aliphatic heterocycles. The fraction of sp³-hybridized carbons (Fsp3) is 0.941. The Hall–Kier alpha value is -0.550. The third-order valence-electron chi connectivity index (χ3n) is 3.78. The van der Waals surface area contributed by atoms with E-state index in [1.807, 2.05) is 0 Å². The van der Waals surface area contributed by atoms with Crippen LogP contribution in [0.3, 0.4) is 0 Å². The van der Waals surface area contributed by atoms with Crippen LogP contribution in [0.25, 0.3) is 0 Å². The van der Waals surface area contributed by atoms with Crippen molar-refractivity contribution < 1.29 is 0 Å². The SMILES string of the molecule is CCCCCCCCCCCCCCCC(N)C#N. The van der Waals surface area contributed by atoms with Gasteiger partial charge in [0, 0.05) is 0 Å². The lowest BCUT2D eigenvalue weighted by Gasteiger charge is -2.04. The van der Waals surface area contributed by atoms with Crippen LogP contribution in [0.4, 0.5) is 0 Å². The number of nitrogens with zero attached hydrogens (tertiary/aromatic N) is 1. The molecule has 0 heterocycles. The number of nitrogens with two attached hydrogens (primary N) is 1. The summed E-state index contributed by atoms with van der Waals surface area (Å²) in [5, 5.41) is 8.55. The summed E-state index contributed by atoms with van der Waals surface area (Å²) in [4.78, 5) is 0. The Kier molecular flexibility index (Phi) is 15.1. The average Bonchev–Trinajstić information content (AvgIpc) is 2.43. The fourth-order valence-electron chi connectivity index (χ4n) is 2.45. The lowest BCUT2D eigenvalue weighted by molar-refractivity contribution is 0.531. The molecule has 0 aliphatic rings. The Bertz CT molecular complexity index is 208. The van der Waals surface area contributed by atoms with Crippen molar-refractivity contribution in [1.29, 1.82) is 5.26 Å². The first-order chi connectivity index (χ1) is 9.31. The number of rotatable bonds is 14. The molecule has 0 aromatic carbocycles. The molecule has 2 heteroatoms. The van der Waals surface area contributed by atoms with Crippen LogP contribution in [-0.2, 0) is 0 Å². The molecule has 1 unspecified atom stereocenters. The van der Waals surface area contributed by atoms with Crippen molar-refractivity contribution in [3.05, 3.63) is 0 Å². The summed E-state index contributed by atoms with van der Waals surface area (Å²) in [7, 11) is 0. The molecule has 0 aromatic heterocycles. The van der Waals surface area contributed by atoms with Crippen molar-refractivity contribution in [2.24, 2.45) is 5.73 Å². The van der Waals surface area contributed by atoms with Crippen LogP contribution in [-0.4, -0.2) is 6.04 Å². The second-order valence-corrected chi connectivity index (χ2v) is 5.77. The van der Waals surface area contributed by atoms with Gasteiger partial charge in [-0.1, -0.05) is 90.4 Å². The summed E-state index contributed by atoms with van der Waals surface area (Å²) in [6.07, 6.45) is 18.6. The maximum Gasteiger partial charge on any atom is 0.0928 e. The highest BCUT2D eigenvalue weighted by atomic mass is 14.6. The first kappa shape index (κ1) is 18.4. The monoisotopic (exact) mass is 266 g/mol. The van der Waals surface area contributed by atoms with Gasteiger partial charge in [-0.25, -0.2) is 0 Å². The highest BCUT2D eigenvalue weighted by molar-refractivity contribution is 4.85. The highest BCUT2D eigenvalue weighted by Gasteiger charge is 1.98. The summed E-state index contributed by atoms with van der Waals surface area (Å²) >= 11 is 0. The van der Waals surface area contributed by atoms with E-state index in [-0.39, 0.29) is 6.04 Å². The Morgan fingerprint density at radius 2 is 1.11 bits per heavy atom. The van der Waals surface area contributed by atoms with E-state index in [1.165, 1.54) is 77.0 Å². The minimum atomic E-state index is -0.243. The standard InChI is InChI=1S/C17H34N2/c1-2-3-4-5-6-7-8-9-10-11-12-13-14-15-17(19)16-18/h17H,2-15,19H2,1H3. The Morgan fingerprint density at radius 1 is 0.737 bits per heavy atom. The Balaban J connectivity index is 2.97. The van der Waals surface area contributed by atoms with Crippen molar-refractivity contribution in [3.8, 4) is 6.07 Å². The van der Waals surface area contributed by atoms with Gasteiger partial charge in [0.2, 0.25) is 0 Å². The highest BCUT2D eigenvalue weighted by Crippen LogP contribution is 2.13. The zero-order valence-corrected chi connectivity index (χ0v) is 13.0. The second kappa shape index (κ2) is 15.5. The molecule has 112 valence electrons. The summed E-state index contributed by atoms with van der Waals surface area (Å²) in [5.41, 5.74) is 5.55. The van der Waals surface area contributed by atoms with Gasteiger partial charge < -0.3 is 5.73 Å². The van der Waals surface area contributed by atoms with Crippen LogP contribution in [0.1, 0.15) is 96.8 Å². The van der Waals surface area contributed by atoms with Gasteiger partial charge in [-0.05, 0) is 6.42 Å². The van der Waals surface area contributed by atoms with E-state index >= 15 is 0 Å². The number of hydrogen-bond acceptors (Lipinski definition) is 2. The molecule has 1 atom stereocenters. The zero-order valence-electron chi connectivity index (χ0n) is 13.0. The Labute approximate surface area is 120 Å². The molecule has 0 aromatic rings. The fourth-order valence-corrected chi connectivity index (χ4v) is 2.45. The van der Waals surface area contributed by atoms with Crippen LogP contribution in [0.15, 0.2) is 0 Å². The molecule has 0 amide bonds. The average molecular weight is 266 g/mol. The molecular formula is C17H34N2. The van der Waals surface area contributed by atoms with E-state index < -0.39 is 0 Å². The first-order valence-electron chi connectivity index (χ1n) is 8.46. The van der Waals surface area contributed by atoms with Gasteiger partial charge in [-0.15, -0.1) is 0 Å². The molecule has 19 heavy (non-hydrogen) atoms. The van der Waals surface area contributed by atoms with Crippen LogP contribution < -0.4 is 5.73 Å². The van der Waals surface area contributed by atoms with Crippen molar-refractivity contribution >= 4 is 0 Å². The van der Waals surface area contributed by atoms with Gasteiger partial charge in [-0.3, -0.25) is 0 Å². The van der Waals surface area contributed by atoms with E-state index in [9.17, 15) is 0 Å². The first-order valence-corrected chi connectivity index (χ1v) is 8.46. The topological polar surface area (TPSA) is 49.8 Å². The third kappa shape index (κ3) is 15.4. The zero-order chi connectivity index (χ0) is 14.2. The molecule has 0 bridgehead atoms. The second-order valence-electron chi connectivity index (χ2n) is 5.77. The van der Waals surface area contributed by atoms with Gasteiger partial charge in [-0.2, -0.15) is 5.26 Å². The lowest BCUT2D eigenvalue weighted by atomic mass is 10.0. The van der Waals surface area contributed by atoms with E-state index in [0.29, 0.717) is 0 Å². The van der Waals surface area contributed by atoms with Gasteiger partial charge in [0.1, 0.15) is 0 Å². The maximum atomic E-state index is 8.55. The maximum absolute atomic E-state index is 8.55. The molecule has 0 aliphatic carbocycles. The van der Waals surface area contributed by atoms with Crippen LogP contribution in [0.5, 0.6) is 0 Å². The third-order valence-corrected chi connectivity index (χ3v) is 3.78. The summed E-state index contributed by atoms with van der Waals surface area (Å²) in [5.74, 6) is 0. The van der Waals surface area contributed by atoms with Crippen molar-refractivity contribution in [1.82, 2.24) is 0 Å². The summed E-state index contributed by atoms with van der Waals surface area (Å²) in [6, 6.07) is 1.84. The largest absolute Gasteiger partial charge is 0.316 e. The quantitative estimate of drug-likeness (QED) is 0.433. The summed E-state index contributed by atoms with van der Waals surface area (Å²) < 4.78 is 0. The predicted octanol–water partition coefficient (Wildman–Crippen LogP) is 5.32. The van der Waals surface area contributed by atoms with Crippen molar-refractivity contribution in [2.75, 3.05) is 0 Å². The normalized spacial score (nSPS) is 12.3. The van der Waals surface area contributed by atoms with Crippen LogP contribution in [0.2, 0.25) is 0 Å². The molecule has 0 spiro atoms. The van der Waals surface area contributed by atoms with Gasteiger partial charge >= 0.3 is 0 Å². The van der Waals surface area contributed by atoms with E-state index in [1.54, 1.807) is 0 Å². The Morgan fingerprint density at radius 3 is 1.47 bits per heavy atom. The number of hydrogen-bond donors (Lipinski definition) is 1. The number of nitriles is 1. The minimum absolute atomic E-state index is 0.243. The minimum Gasteiger partial charge on any atom is -0.316 e. The molecule has 0 saturated heterocycles. The molecule has 2 nitrogen and oxygen atoms in total. The molecular weight excluding hydrogens is 232 g/mol. The summed E-state index contributed by atoms with van der Waals surface area (Å²) in [6.45, 7) is 2.27. The van der Waals surface area contributed by atoms with Crippen molar-refractivity contribution in [3.63, 3.8) is 0 Å². The molecule has 0 radical (unpaired) electrons. The molecule has 0 saturated carbocycles.